The molecular weight excluding hydrogens is 238 g/mol. The van der Waals surface area contributed by atoms with E-state index in [9.17, 15) is 0 Å². The number of ether oxygens (including phenoxy) is 2. The maximum Gasteiger partial charge on any atom is 0.123 e. The summed E-state index contributed by atoms with van der Waals surface area (Å²) in [6.07, 6.45) is 0. The Labute approximate surface area is 108 Å². The lowest BCUT2D eigenvalue weighted by Gasteiger charge is -2.12. The van der Waals surface area contributed by atoms with Crippen LogP contribution in [0.3, 0.4) is 0 Å². The van der Waals surface area contributed by atoms with Gasteiger partial charge in [0.15, 0.2) is 0 Å². The van der Waals surface area contributed by atoms with Gasteiger partial charge in [-0.3, -0.25) is 0 Å². The minimum Gasteiger partial charge on any atom is -0.496 e. The summed E-state index contributed by atoms with van der Waals surface area (Å²) in [5.41, 5.74) is 2.37. The SMILES string of the molecule is COCC(Cl)CNCc1cc(C)ccc1OC. The molecule has 0 saturated heterocycles. The smallest absolute Gasteiger partial charge is 0.123 e. The number of hydrogen-bond donors (Lipinski definition) is 1. The second-order valence-electron chi connectivity index (χ2n) is 4.00. The molecule has 0 heterocycles. The van der Waals surface area contributed by atoms with Gasteiger partial charge in [-0.1, -0.05) is 17.7 Å². The maximum absolute atomic E-state index is 6.03. The standard InChI is InChI=1S/C13H20ClNO2/c1-10-4-5-13(17-3)11(6-10)7-15-8-12(14)9-16-2/h4-6,12,15H,7-9H2,1-3H3. The highest BCUT2D eigenvalue weighted by Crippen LogP contribution is 2.19. The molecule has 1 unspecified atom stereocenters. The fraction of sp³-hybridized carbons (Fsp3) is 0.538. The number of methoxy groups -OCH3 is 2. The van der Waals surface area contributed by atoms with Crippen molar-refractivity contribution in [1.29, 1.82) is 0 Å². The summed E-state index contributed by atoms with van der Waals surface area (Å²) in [5, 5.41) is 3.29. The monoisotopic (exact) mass is 257 g/mol. The zero-order chi connectivity index (χ0) is 12.7. The van der Waals surface area contributed by atoms with Crippen LogP contribution in [0.25, 0.3) is 0 Å². The summed E-state index contributed by atoms with van der Waals surface area (Å²) in [4.78, 5) is 0. The molecule has 17 heavy (non-hydrogen) atoms. The van der Waals surface area contributed by atoms with Crippen molar-refractivity contribution in [3.05, 3.63) is 29.3 Å². The highest BCUT2D eigenvalue weighted by Gasteiger charge is 2.06. The lowest BCUT2D eigenvalue weighted by molar-refractivity contribution is 0.197. The molecule has 0 saturated carbocycles. The fourth-order valence-corrected chi connectivity index (χ4v) is 1.88. The van der Waals surface area contributed by atoms with Gasteiger partial charge in [-0.25, -0.2) is 0 Å². The van der Waals surface area contributed by atoms with E-state index in [0.717, 1.165) is 17.9 Å². The number of halogens is 1. The topological polar surface area (TPSA) is 30.5 Å². The minimum atomic E-state index is -0.00389. The summed E-state index contributed by atoms with van der Waals surface area (Å²) in [5.74, 6) is 0.904. The van der Waals surface area contributed by atoms with Crippen LogP contribution >= 0.6 is 11.6 Å². The van der Waals surface area contributed by atoms with Crippen LogP contribution < -0.4 is 10.1 Å². The predicted molar refractivity (Wildman–Crippen MR) is 71.0 cm³/mol. The zero-order valence-electron chi connectivity index (χ0n) is 10.6. The Hall–Kier alpha value is -0.770. The first-order valence-corrected chi connectivity index (χ1v) is 6.08. The number of benzene rings is 1. The van der Waals surface area contributed by atoms with Gasteiger partial charge >= 0.3 is 0 Å². The third-order valence-corrected chi connectivity index (χ3v) is 2.74. The molecule has 0 radical (unpaired) electrons. The van der Waals surface area contributed by atoms with Crippen molar-refractivity contribution in [3.8, 4) is 5.75 Å². The molecule has 0 aromatic heterocycles. The lowest BCUT2D eigenvalue weighted by Crippen LogP contribution is -2.26. The van der Waals surface area contributed by atoms with E-state index in [1.165, 1.54) is 5.56 Å². The third-order valence-electron chi connectivity index (χ3n) is 2.46. The van der Waals surface area contributed by atoms with Crippen molar-refractivity contribution < 1.29 is 9.47 Å². The fourth-order valence-electron chi connectivity index (χ4n) is 1.65. The summed E-state index contributed by atoms with van der Waals surface area (Å²) in [6, 6.07) is 6.14. The number of nitrogens with one attached hydrogen (secondary N) is 1. The van der Waals surface area contributed by atoms with E-state index >= 15 is 0 Å². The van der Waals surface area contributed by atoms with E-state index in [1.807, 2.05) is 12.1 Å². The second kappa shape index (κ2) is 7.54. The first-order valence-electron chi connectivity index (χ1n) is 5.64. The van der Waals surface area contributed by atoms with E-state index in [0.29, 0.717) is 13.2 Å². The molecule has 1 aromatic rings. The number of aryl methyl sites for hydroxylation is 1. The van der Waals surface area contributed by atoms with Gasteiger partial charge in [0.1, 0.15) is 5.75 Å². The van der Waals surface area contributed by atoms with Crippen LogP contribution in [0.2, 0.25) is 0 Å². The quantitative estimate of drug-likeness (QED) is 0.761. The summed E-state index contributed by atoms with van der Waals surface area (Å²) in [6.45, 7) is 4.09. The number of alkyl halides is 1. The van der Waals surface area contributed by atoms with E-state index in [-0.39, 0.29) is 5.38 Å². The molecule has 0 fully saturated rings. The van der Waals surface area contributed by atoms with Crippen LogP contribution in [0, 0.1) is 6.92 Å². The molecular formula is C13H20ClNO2. The van der Waals surface area contributed by atoms with E-state index in [1.54, 1.807) is 14.2 Å². The molecule has 0 aliphatic rings. The van der Waals surface area contributed by atoms with Gasteiger partial charge in [-0.05, 0) is 13.0 Å². The molecule has 0 aliphatic heterocycles. The van der Waals surface area contributed by atoms with Gasteiger partial charge in [0.25, 0.3) is 0 Å². The average molecular weight is 258 g/mol. The van der Waals surface area contributed by atoms with Crippen LogP contribution in [-0.2, 0) is 11.3 Å². The van der Waals surface area contributed by atoms with Crippen molar-refractivity contribution in [1.82, 2.24) is 5.32 Å². The van der Waals surface area contributed by atoms with Gasteiger partial charge in [0.05, 0.1) is 19.1 Å². The molecule has 0 spiro atoms. The number of hydrogen-bond acceptors (Lipinski definition) is 3. The average Bonchev–Trinajstić information content (AvgIpc) is 2.30. The molecule has 1 aromatic carbocycles. The molecule has 0 bridgehead atoms. The van der Waals surface area contributed by atoms with Crippen LogP contribution in [0.1, 0.15) is 11.1 Å². The normalized spacial score (nSPS) is 12.5. The summed E-state index contributed by atoms with van der Waals surface area (Å²) in [7, 11) is 3.34. The predicted octanol–water partition coefficient (Wildman–Crippen LogP) is 2.35. The van der Waals surface area contributed by atoms with E-state index < -0.39 is 0 Å². The Kier molecular flexibility index (Phi) is 6.34. The third kappa shape index (κ3) is 4.94. The molecule has 3 nitrogen and oxygen atoms in total. The number of rotatable bonds is 7. The molecule has 1 rings (SSSR count). The minimum absolute atomic E-state index is 0.00389. The second-order valence-corrected chi connectivity index (χ2v) is 4.62. The Morgan fingerprint density at radius 1 is 1.35 bits per heavy atom. The van der Waals surface area contributed by atoms with Gasteiger partial charge in [-0.15, -0.1) is 11.6 Å². The molecule has 4 heteroatoms. The van der Waals surface area contributed by atoms with Crippen LogP contribution in [-0.4, -0.2) is 32.7 Å². The largest absolute Gasteiger partial charge is 0.496 e. The van der Waals surface area contributed by atoms with E-state index in [2.05, 4.69) is 18.3 Å². The maximum atomic E-state index is 6.03. The molecule has 0 aliphatic carbocycles. The van der Waals surface area contributed by atoms with Crippen LogP contribution in [0.15, 0.2) is 18.2 Å². The van der Waals surface area contributed by atoms with Crippen molar-refractivity contribution in [3.63, 3.8) is 0 Å². The van der Waals surface area contributed by atoms with Crippen LogP contribution in [0.4, 0.5) is 0 Å². The molecule has 1 atom stereocenters. The first kappa shape index (κ1) is 14.3. The first-order chi connectivity index (χ1) is 8.17. The lowest BCUT2D eigenvalue weighted by atomic mass is 10.1. The highest BCUT2D eigenvalue weighted by atomic mass is 35.5. The molecule has 0 amide bonds. The molecule has 1 N–H and O–H groups in total. The summed E-state index contributed by atoms with van der Waals surface area (Å²) < 4.78 is 10.3. The van der Waals surface area contributed by atoms with Crippen molar-refractivity contribution in [2.24, 2.45) is 0 Å². The van der Waals surface area contributed by atoms with Gasteiger partial charge < -0.3 is 14.8 Å². The Morgan fingerprint density at radius 2 is 2.12 bits per heavy atom. The van der Waals surface area contributed by atoms with Gasteiger partial charge in [-0.2, -0.15) is 0 Å². The Morgan fingerprint density at radius 3 is 2.76 bits per heavy atom. The van der Waals surface area contributed by atoms with Crippen molar-refractivity contribution in [2.75, 3.05) is 27.4 Å². The summed E-state index contributed by atoms with van der Waals surface area (Å²) >= 11 is 6.03. The van der Waals surface area contributed by atoms with Gasteiger partial charge in [0, 0.05) is 25.8 Å². The van der Waals surface area contributed by atoms with Gasteiger partial charge in [0.2, 0.25) is 0 Å². The van der Waals surface area contributed by atoms with Crippen molar-refractivity contribution in [2.45, 2.75) is 18.8 Å². The Bertz CT molecular complexity index is 344. The van der Waals surface area contributed by atoms with Crippen molar-refractivity contribution >= 4 is 11.6 Å². The molecule has 96 valence electrons. The zero-order valence-corrected chi connectivity index (χ0v) is 11.4. The Balaban J connectivity index is 2.48. The highest BCUT2D eigenvalue weighted by molar-refractivity contribution is 6.20. The van der Waals surface area contributed by atoms with E-state index in [4.69, 9.17) is 21.1 Å². The van der Waals surface area contributed by atoms with Crippen LogP contribution in [0.5, 0.6) is 5.75 Å².